The highest BCUT2D eigenvalue weighted by Crippen LogP contribution is 2.14. The molecule has 0 radical (unpaired) electrons. The lowest BCUT2D eigenvalue weighted by Crippen LogP contribution is -2.13. The van der Waals surface area contributed by atoms with Crippen LogP contribution in [0.5, 0.6) is 0 Å². The minimum atomic E-state index is -0.231. The monoisotopic (exact) mass is 421 g/mol. The number of hydrogen-bond donors (Lipinski definition) is 1. The molecule has 1 N–H and O–H groups in total. The van der Waals surface area contributed by atoms with Crippen LogP contribution in [0.2, 0.25) is 0 Å². The van der Waals surface area contributed by atoms with Gasteiger partial charge in [-0.2, -0.15) is 10.2 Å². The Labute approximate surface area is 147 Å². The molecule has 0 atom stereocenters. The van der Waals surface area contributed by atoms with Crippen molar-refractivity contribution in [3.63, 3.8) is 0 Å². The van der Waals surface area contributed by atoms with E-state index in [-0.39, 0.29) is 5.91 Å². The van der Waals surface area contributed by atoms with Gasteiger partial charge in [0.05, 0.1) is 22.0 Å². The van der Waals surface area contributed by atoms with Crippen LogP contribution in [-0.4, -0.2) is 25.5 Å². The summed E-state index contributed by atoms with van der Waals surface area (Å²) in [6.07, 6.45) is 5.27. The molecule has 118 valence electrons. The van der Waals surface area contributed by atoms with Gasteiger partial charge >= 0.3 is 0 Å². The number of carbonyl (C=O) groups is 1. The number of aromatic nitrogens is 4. The van der Waals surface area contributed by atoms with Crippen LogP contribution in [0, 0.1) is 10.5 Å². The van der Waals surface area contributed by atoms with Gasteiger partial charge in [0.2, 0.25) is 0 Å². The SMILES string of the molecule is Cc1ccccc1Cn1cc(NC(=O)c2nn(C)cc2I)cn1. The number of benzene rings is 1. The number of halogens is 1. The molecule has 1 aromatic carbocycles. The molecule has 0 aliphatic rings. The number of nitrogens with one attached hydrogen (secondary N) is 1. The molecular weight excluding hydrogens is 405 g/mol. The summed E-state index contributed by atoms with van der Waals surface area (Å²) in [6.45, 7) is 2.74. The van der Waals surface area contributed by atoms with Gasteiger partial charge in [-0.3, -0.25) is 14.2 Å². The summed E-state index contributed by atoms with van der Waals surface area (Å²) in [6, 6.07) is 8.18. The summed E-state index contributed by atoms with van der Waals surface area (Å²) < 4.78 is 4.24. The largest absolute Gasteiger partial charge is 0.318 e. The van der Waals surface area contributed by atoms with Crippen molar-refractivity contribution in [3.8, 4) is 0 Å². The predicted molar refractivity (Wildman–Crippen MR) is 96.4 cm³/mol. The van der Waals surface area contributed by atoms with Crippen LogP contribution in [0.15, 0.2) is 42.9 Å². The van der Waals surface area contributed by atoms with Crippen molar-refractivity contribution < 1.29 is 4.79 Å². The molecule has 3 rings (SSSR count). The molecule has 0 spiro atoms. The lowest BCUT2D eigenvalue weighted by Gasteiger charge is -2.05. The average Bonchev–Trinajstić information content (AvgIpc) is 3.07. The van der Waals surface area contributed by atoms with E-state index < -0.39 is 0 Å². The van der Waals surface area contributed by atoms with Crippen molar-refractivity contribution in [1.29, 1.82) is 0 Å². The van der Waals surface area contributed by atoms with E-state index in [1.165, 1.54) is 11.1 Å². The summed E-state index contributed by atoms with van der Waals surface area (Å²) in [5.74, 6) is -0.231. The fraction of sp³-hybridized carbons (Fsp3) is 0.188. The average molecular weight is 421 g/mol. The summed E-state index contributed by atoms with van der Waals surface area (Å²) in [7, 11) is 1.79. The Bertz CT molecular complexity index is 852. The summed E-state index contributed by atoms with van der Waals surface area (Å²) >= 11 is 2.10. The third-order valence-corrected chi connectivity index (χ3v) is 4.27. The molecule has 2 heterocycles. The number of hydrogen-bond acceptors (Lipinski definition) is 3. The minimum absolute atomic E-state index is 0.231. The first kappa shape index (κ1) is 15.7. The zero-order valence-corrected chi connectivity index (χ0v) is 15.0. The number of anilines is 1. The molecule has 0 aliphatic heterocycles. The second kappa shape index (κ2) is 6.53. The van der Waals surface area contributed by atoms with Gasteiger partial charge in [0.1, 0.15) is 0 Å². The lowest BCUT2D eigenvalue weighted by atomic mass is 10.1. The quantitative estimate of drug-likeness (QED) is 0.660. The number of rotatable bonds is 4. The van der Waals surface area contributed by atoms with Crippen molar-refractivity contribution in [3.05, 3.63) is 63.2 Å². The van der Waals surface area contributed by atoms with Gasteiger partial charge in [0.25, 0.3) is 5.91 Å². The highest BCUT2D eigenvalue weighted by atomic mass is 127. The van der Waals surface area contributed by atoms with Gasteiger partial charge in [-0.1, -0.05) is 24.3 Å². The molecule has 0 saturated heterocycles. The van der Waals surface area contributed by atoms with E-state index in [4.69, 9.17) is 0 Å². The Morgan fingerprint density at radius 2 is 2.09 bits per heavy atom. The maximum atomic E-state index is 12.2. The maximum absolute atomic E-state index is 12.2. The molecule has 7 heteroatoms. The highest BCUT2D eigenvalue weighted by molar-refractivity contribution is 14.1. The molecule has 0 saturated carbocycles. The molecule has 0 unspecified atom stereocenters. The lowest BCUT2D eigenvalue weighted by molar-refractivity contribution is 0.102. The number of aryl methyl sites for hydroxylation is 2. The Balaban J connectivity index is 1.71. The van der Waals surface area contributed by atoms with Crippen molar-refractivity contribution in [2.45, 2.75) is 13.5 Å². The van der Waals surface area contributed by atoms with Crippen LogP contribution < -0.4 is 5.32 Å². The number of amides is 1. The van der Waals surface area contributed by atoms with E-state index in [1.54, 1.807) is 28.8 Å². The van der Waals surface area contributed by atoms with E-state index in [0.29, 0.717) is 17.9 Å². The fourth-order valence-corrected chi connectivity index (χ4v) is 3.04. The maximum Gasteiger partial charge on any atom is 0.277 e. The third kappa shape index (κ3) is 3.61. The second-order valence-corrected chi connectivity index (χ2v) is 6.47. The topological polar surface area (TPSA) is 64.7 Å². The summed E-state index contributed by atoms with van der Waals surface area (Å²) in [5, 5.41) is 11.3. The van der Waals surface area contributed by atoms with E-state index >= 15 is 0 Å². The zero-order chi connectivity index (χ0) is 16.4. The third-order valence-electron chi connectivity index (χ3n) is 3.48. The van der Waals surface area contributed by atoms with Gasteiger partial charge < -0.3 is 5.32 Å². The molecule has 23 heavy (non-hydrogen) atoms. The Morgan fingerprint density at radius 3 is 2.78 bits per heavy atom. The van der Waals surface area contributed by atoms with E-state index in [1.807, 2.05) is 18.3 Å². The summed E-state index contributed by atoms with van der Waals surface area (Å²) in [4.78, 5) is 12.2. The standard InChI is InChI=1S/C16H16IN5O/c1-11-5-3-4-6-12(11)8-22-9-13(7-18-22)19-16(23)15-14(17)10-21(2)20-15/h3-7,9-10H,8H2,1-2H3,(H,19,23). The molecule has 0 fully saturated rings. The highest BCUT2D eigenvalue weighted by Gasteiger charge is 2.15. The Morgan fingerprint density at radius 1 is 1.30 bits per heavy atom. The Kier molecular flexibility index (Phi) is 4.46. The smallest absolute Gasteiger partial charge is 0.277 e. The normalized spacial score (nSPS) is 10.7. The molecule has 1 amide bonds. The van der Waals surface area contributed by atoms with Crippen LogP contribution >= 0.6 is 22.6 Å². The first-order valence-electron chi connectivity index (χ1n) is 7.10. The van der Waals surface area contributed by atoms with Gasteiger partial charge in [-0.15, -0.1) is 0 Å². The van der Waals surface area contributed by atoms with E-state index in [0.717, 1.165) is 3.57 Å². The van der Waals surface area contributed by atoms with Crippen molar-refractivity contribution >= 4 is 34.2 Å². The van der Waals surface area contributed by atoms with Crippen molar-refractivity contribution in [1.82, 2.24) is 19.6 Å². The van der Waals surface area contributed by atoms with E-state index in [2.05, 4.69) is 57.2 Å². The van der Waals surface area contributed by atoms with E-state index in [9.17, 15) is 4.79 Å². The molecule has 0 aliphatic carbocycles. The first-order chi connectivity index (χ1) is 11.0. The van der Waals surface area contributed by atoms with Crippen molar-refractivity contribution in [2.24, 2.45) is 7.05 Å². The first-order valence-corrected chi connectivity index (χ1v) is 8.18. The van der Waals surface area contributed by atoms with Crippen molar-refractivity contribution in [2.75, 3.05) is 5.32 Å². The molecular formula is C16H16IN5O. The second-order valence-electron chi connectivity index (χ2n) is 5.31. The minimum Gasteiger partial charge on any atom is -0.318 e. The molecule has 6 nitrogen and oxygen atoms in total. The van der Waals surface area contributed by atoms with Gasteiger partial charge in [-0.05, 0) is 40.6 Å². The zero-order valence-electron chi connectivity index (χ0n) is 12.8. The predicted octanol–water partition coefficient (Wildman–Crippen LogP) is 2.83. The number of nitrogens with zero attached hydrogens (tertiary/aromatic N) is 4. The van der Waals surface area contributed by atoms with Crippen LogP contribution in [0.1, 0.15) is 21.6 Å². The van der Waals surface area contributed by atoms with Crippen LogP contribution in [0.3, 0.4) is 0 Å². The van der Waals surface area contributed by atoms with Crippen LogP contribution in [0.25, 0.3) is 0 Å². The van der Waals surface area contributed by atoms with Gasteiger partial charge in [0, 0.05) is 19.4 Å². The molecule has 2 aromatic heterocycles. The van der Waals surface area contributed by atoms with Crippen LogP contribution in [0.4, 0.5) is 5.69 Å². The number of carbonyl (C=O) groups excluding carboxylic acids is 1. The molecule has 3 aromatic rings. The van der Waals surface area contributed by atoms with Gasteiger partial charge in [0.15, 0.2) is 5.69 Å². The fourth-order valence-electron chi connectivity index (χ4n) is 2.28. The van der Waals surface area contributed by atoms with Gasteiger partial charge in [-0.25, -0.2) is 0 Å². The molecule has 0 bridgehead atoms. The summed E-state index contributed by atoms with van der Waals surface area (Å²) in [5.41, 5.74) is 3.49. The van der Waals surface area contributed by atoms with Crippen LogP contribution in [-0.2, 0) is 13.6 Å². The Hall–Kier alpha value is -2.16.